The van der Waals surface area contributed by atoms with Gasteiger partial charge in [-0.25, -0.2) is 4.79 Å². The van der Waals surface area contributed by atoms with Crippen molar-refractivity contribution in [2.24, 2.45) is 28.1 Å². The second-order valence-corrected chi connectivity index (χ2v) is 9.48. The number of para-hydroxylation sites is 1. The fourth-order valence-electron chi connectivity index (χ4n) is 3.83. The summed E-state index contributed by atoms with van der Waals surface area (Å²) in [4.78, 5) is 57.1. The van der Waals surface area contributed by atoms with E-state index in [0.717, 1.165) is 16.5 Å². The highest BCUT2D eigenvalue weighted by Crippen LogP contribution is 2.19. The van der Waals surface area contributed by atoms with E-state index in [1.807, 2.05) is 24.3 Å². The average Bonchev–Trinajstić information content (AvgIpc) is 3.26. The van der Waals surface area contributed by atoms with Crippen LogP contribution in [0, 0.1) is 5.92 Å². The van der Waals surface area contributed by atoms with Gasteiger partial charge in [-0.1, -0.05) is 32.0 Å². The van der Waals surface area contributed by atoms with E-state index < -0.39 is 47.9 Å². The van der Waals surface area contributed by atoms with Crippen molar-refractivity contribution in [3.63, 3.8) is 0 Å². The molecule has 0 fully saturated rings. The third-order valence-corrected chi connectivity index (χ3v) is 6.02. The quantitative estimate of drug-likeness (QED) is 0.0882. The van der Waals surface area contributed by atoms with Gasteiger partial charge in [0.1, 0.15) is 18.1 Å². The Balaban J connectivity index is 2.15. The Bertz CT molecular complexity index is 1160. The van der Waals surface area contributed by atoms with Gasteiger partial charge in [0.25, 0.3) is 0 Å². The minimum atomic E-state index is -1.18. The first kappa shape index (κ1) is 30.1. The first-order valence-electron chi connectivity index (χ1n) is 12.4. The van der Waals surface area contributed by atoms with E-state index in [-0.39, 0.29) is 24.7 Å². The monoisotopic (exact) mass is 530 g/mol. The number of aromatic amines is 1. The lowest BCUT2D eigenvalue weighted by atomic mass is 10.0. The van der Waals surface area contributed by atoms with Crippen molar-refractivity contribution in [1.82, 2.24) is 20.9 Å². The van der Waals surface area contributed by atoms with E-state index in [4.69, 9.17) is 17.2 Å². The molecule has 0 saturated carbocycles. The normalized spacial score (nSPS) is 14.2. The number of carboxylic acids is 1. The second-order valence-electron chi connectivity index (χ2n) is 9.48. The van der Waals surface area contributed by atoms with Crippen LogP contribution in [0.5, 0.6) is 0 Å². The molecule has 4 unspecified atom stereocenters. The standard InChI is InChI=1S/C25H38N8O5/c1-13(2)20(24(37)38)33-21(34)14(3)31-23(36)19(11-15-12-30-18-9-5-4-7-16(15)18)32-22(35)17(26)8-6-10-29-25(27)28/h4-5,7,9,12-14,17,19-20,30H,6,8,10-11,26H2,1-3H3,(H,31,36)(H,32,35)(H,33,34)(H,37,38)(H4,27,28,29). The lowest BCUT2D eigenvalue weighted by molar-refractivity contribution is -0.143. The van der Waals surface area contributed by atoms with E-state index in [9.17, 15) is 24.3 Å². The number of carbonyl (C=O) groups excluding carboxylic acids is 3. The topological polar surface area (TPSA) is 231 Å². The molecular formula is C25H38N8O5. The van der Waals surface area contributed by atoms with Crippen molar-refractivity contribution in [3.8, 4) is 0 Å². The first-order chi connectivity index (χ1) is 17.9. The minimum Gasteiger partial charge on any atom is -0.480 e. The van der Waals surface area contributed by atoms with Crippen molar-refractivity contribution in [2.45, 2.75) is 64.2 Å². The first-order valence-corrected chi connectivity index (χ1v) is 12.4. The van der Waals surface area contributed by atoms with Gasteiger partial charge >= 0.3 is 5.97 Å². The molecule has 4 atom stereocenters. The van der Waals surface area contributed by atoms with Gasteiger partial charge in [-0.2, -0.15) is 0 Å². The molecule has 3 amide bonds. The van der Waals surface area contributed by atoms with Gasteiger partial charge in [0.05, 0.1) is 6.04 Å². The molecule has 13 nitrogen and oxygen atoms in total. The van der Waals surface area contributed by atoms with Crippen LogP contribution in [-0.2, 0) is 25.6 Å². The number of hydrogen-bond acceptors (Lipinski definition) is 6. The number of H-pyrrole nitrogens is 1. The number of fused-ring (bicyclic) bond motifs is 1. The van der Waals surface area contributed by atoms with Gasteiger partial charge in [-0.15, -0.1) is 0 Å². The number of nitrogens with two attached hydrogens (primary N) is 3. The predicted octanol–water partition coefficient (Wildman–Crippen LogP) is -0.694. The summed E-state index contributed by atoms with van der Waals surface area (Å²) in [6.45, 7) is 5.07. The van der Waals surface area contributed by atoms with E-state index in [1.165, 1.54) is 6.92 Å². The SMILES string of the molecule is CC(NC(=O)C(Cc1c[nH]c2ccccc12)NC(=O)C(N)CCCN=C(N)N)C(=O)NC(C(=O)O)C(C)C. The molecule has 0 aliphatic heterocycles. The van der Waals surface area contributed by atoms with E-state index in [0.29, 0.717) is 13.0 Å². The largest absolute Gasteiger partial charge is 0.480 e. The molecule has 0 radical (unpaired) electrons. The van der Waals surface area contributed by atoms with Crippen LogP contribution in [0.4, 0.5) is 0 Å². The van der Waals surface area contributed by atoms with E-state index in [1.54, 1.807) is 20.0 Å². The van der Waals surface area contributed by atoms with Crippen LogP contribution in [0.15, 0.2) is 35.5 Å². The maximum atomic E-state index is 13.2. The highest BCUT2D eigenvalue weighted by molar-refractivity contribution is 5.94. The minimum absolute atomic E-state index is 0.0558. The number of nitrogens with one attached hydrogen (secondary N) is 4. The lowest BCUT2D eigenvalue weighted by Gasteiger charge is -2.24. The van der Waals surface area contributed by atoms with Gasteiger partial charge in [0.15, 0.2) is 5.96 Å². The Morgan fingerprint density at radius 3 is 2.32 bits per heavy atom. The van der Waals surface area contributed by atoms with Crippen molar-refractivity contribution >= 4 is 40.6 Å². The fraction of sp³-hybridized carbons (Fsp3) is 0.480. The summed E-state index contributed by atoms with van der Waals surface area (Å²) in [5, 5.41) is 17.9. The summed E-state index contributed by atoms with van der Waals surface area (Å²) >= 11 is 0. The van der Waals surface area contributed by atoms with Gasteiger partial charge < -0.3 is 43.2 Å². The summed E-state index contributed by atoms with van der Waals surface area (Å²) in [6.07, 6.45) is 2.63. The summed E-state index contributed by atoms with van der Waals surface area (Å²) in [5.41, 5.74) is 18.3. The molecule has 1 heterocycles. The summed E-state index contributed by atoms with van der Waals surface area (Å²) < 4.78 is 0. The van der Waals surface area contributed by atoms with Crippen LogP contribution in [0.1, 0.15) is 39.2 Å². The van der Waals surface area contributed by atoms with Crippen molar-refractivity contribution in [2.75, 3.05) is 6.54 Å². The van der Waals surface area contributed by atoms with Crippen LogP contribution >= 0.6 is 0 Å². The van der Waals surface area contributed by atoms with Crippen LogP contribution in [0.2, 0.25) is 0 Å². The number of carbonyl (C=O) groups is 4. The van der Waals surface area contributed by atoms with Crippen LogP contribution in [-0.4, -0.2) is 70.5 Å². The molecule has 0 spiro atoms. The Labute approximate surface area is 221 Å². The van der Waals surface area contributed by atoms with Gasteiger partial charge in [-0.05, 0) is 37.3 Å². The predicted molar refractivity (Wildman–Crippen MR) is 144 cm³/mol. The molecule has 0 bridgehead atoms. The summed E-state index contributed by atoms with van der Waals surface area (Å²) in [6, 6.07) is 3.38. The molecule has 208 valence electrons. The van der Waals surface area contributed by atoms with Crippen LogP contribution in [0.25, 0.3) is 10.9 Å². The van der Waals surface area contributed by atoms with Crippen LogP contribution < -0.4 is 33.2 Å². The number of aromatic nitrogens is 1. The van der Waals surface area contributed by atoms with Crippen molar-refractivity contribution in [1.29, 1.82) is 0 Å². The molecule has 1 aromatic carbocycles. The lowest BCUT2D eigenvalue weighted by Crippen LogP contribution is -2.57. The zero-order chi connectivity index (χ0) is 28.4. The Morgan fingerprint density at radius 2 is 1.68 bits per heavy atom. The number of amides is 3. The molecule has 1 aromatic heterocycles. The summed E-state index contributed by atoms with van der Waals surface area (Å²) in [5.74, 6) is -3.41. The number of rotatable bonds is 14. The average molecular weight is 531 g/mol. The zero-order valence-electron chi connectivity index (χ0n) is 21.9. The third kappa shape index (κ3) is 8.76. The Kier molecular flexibility index (Phi) is 11.1. The number of carboxylic acid groups (broad SMARTS) is 1. The van der Waals surface area contributed by atoms with Crippen molar-refractivity contribution in [3.05, 3.63) is 36.0 Å². The number of hydrogen-bond donors (Lipinski definition) is 8. The number of nitrogens with zero attached hydrogens (tertiary/aromatic N) is 1. The number of aliphatic imine (C=N–C) groups is 1. The number of benzene rings is 1. The Morgan fingerprint density at radius 1 is 1.00 bits per heavy atom. The maximum absolute atomic E-state index is 13.2. The van der Waals surface area contributed by atoms with Crippen molar-refractivity contribution < 1.29 is 24.3 Å². The molecule has 2 rings (SSSR count). The second kappa shape index (κ2) is 14.0. The molecule has 0 aliphatic rings. The van der Waals surface area contributed by atoms with Gasteiger partial charge in [0, 0.05) is 30.1 Å². The molecule has 13 heteroatoms. The molecule has 38 heavy (non-hydrogen) atoms. The van der Waals surface area contributed by atoms with Gasteiger partial charge in [-0.3, -0.25) is 19.4 Å². The third-order valence-electron chi connectivity index (χ3n) is 6.02. The van der Waals surface area contributed by atoms with E-state index >= 15 is 0 Å². The molecule has 2 aromatic rings. The molecule has 11 N–H and O–H groups in total. The van der Waals surface area contributed by atoms with E-state index in [2.05, 4.69) is 25.9 Å². The fourth-order valence-corrected chi connectivity index (χ4v) is 3.83. The maximum Gasteiger partial charge on any atom is 0.326 e. The Hall–Kier alpha value is -4.13. The van der Waals surface area contributed by atoms with Gasteiger partial charge in [0.2, 0.25) is 17.7 Å². The highest BCUT2D eigenvalue weighted by Gasteiger charge is 2.30. The smallest absolute Gasteiger partial charge is 0.326 e. The highest BCUT2D eigenvalue weighted by atomic mass is 16.4. The molecular weight excluding hydrogens is 492 g/mol. The summed E-state index contributed by atoms with van der Waals surface area (Å²) in [7, 11) is 0. The zero-order valence-corrected chi connectivity index (χ0v) is 21.9. The molecule has 0 aliphatic carbocycles. The number of aliphatic carboxylic acids is 1. The number of guanidine groups is 1. The molecule has 0 saturated heterocycles. The van der Waals surface area contributed by atoms with Crippen LogP contribution in [0.3, 0.4) is 0 Å².